The molecule has 4 heteroatoms. The Morgan fingerprint density at radius 1 is 1.32 bits per heavy atom. The van der Waals surface area contributed by atoms with Gasteiger partial charge in [0.1, 0.15) is 0 Å². The SMILES string of the molecule is CCC(CC)CNC(=O)Nc1cccc(C(C)N)c1. The lowest BCUT2D eigenvalue weighted by Gasteiger charge is -2.14. The van der Waals surface area contributed by atoms with Crippen molar-refractivity contribution in [3.63, 3.8) is 0 Å². The Morgan fingerprint density at radius 3 is 2.58 bits per heavy atom. The van der Waals surface area contributed by atoms with Gasteiger partial charge in [-0.15, -0.1) is 0 Å². The molecule has 4 N–H and O–H groups in total. The second-order valence-corrected chi connectivity index (χ2v) is 4.93. The summed E-state index contributed by atoms with van der Waals surface area (Å²) >= 11 is 0. The second-order valence-electron chi connectivity index (χ2n) is 4.93. The maximum Gasteiger partial charge on any atom is 0.319 e. The predicted molar refractivity (Wildman–Crippen MR) is 80.1 cm³/mol. The minimum atomic E-state index is -0.159. The summed E-state index contributed by atoms with van der Waals surface area (Å²) in [5.74, 6) is 0.543. The zero-order chi connectivity index (χ0) is 14.3. The molecule has 0 spiro atoms. The van der Waals surface area contributed by atoms with E-state index in [2.05, 4.69) is 24.5 Å². The highest BCUT2D eigenvalue weighted by Crippen LogP contribution is 2.15. The van der Waals surface area contributed by atoms with Crippen molar-refractivity contribution in [3.8, 4) is 0 Å². The molecule has 106 valence electrons. The van der Waals surface area contributed by atoms with Crippen molar-refractivity contribution in [3.05, 3.63) is 29.8 Å². The normalized spacial score (nSPS) is 12.3. The number of nitrogens with one attached hydrogen (secondary N) is 2. The number of rotatable bonds is 6. The fourth-order valence-corrected chi connectivity index (χ4v) is 1.89. The molecular weight excluding hydrogens is 238 g/mol. The average molecular weight is 263 g/mol. The molecule has 2 amide bonds. The molecule has 0 aromatic heterocycles. The highest BCUT2D eigenvalue weighted by Gasteiger charge is 2.07. The van der Waals surface area contributed by atoms with E-state index in [9.17, 15) is 4.79 Å². The summed E-state index contributed by atoms with van der Waals surface area (Å²) < 4.78 is 0. The van der Waals surface area contributed by atoms with Crippen LogP contribution in [-0.2, 0) is 0 Å². The van der Waals surface area contributed by atoms with E-state index in [1.807, 2.05) is 31.2 Å². The molecule has 0 bridgehead atoms. The van der Waals surface area contributed by atoms with E-state index in [1.165, 1.54) is 0 Å². The van der Waals surface area contributed by atoms with Crippen molar-refractivity contribution in [2.24, 2.45) is 11.7 Å². The summed E-state index contributed by atoms with van der Waals surface area (Å²) in [6.45, 7) is 6.91. The standard InChI is InChI=1S/C15H25N3O/c1-4-12(5-2)10-17-15(19)18-14-8-6-7-13(9-14)11(3)16/h6-9,11-12H,4-5,10,16H2,1-3H3,(H2,17,18,19). The van der Waals surface area contributed by atoms with Crippen LogP contribution in [0.4, 0.5) is 10.5 Å². The smallest absolute Gasteiger partial charge is 0.319 e. The van der Waals surface area contributed by atoms with Crippen LogP contribution < -0.4 is 16.4 Å². The summed E-state index contributed by atoms with van der Waals surface area (Å²) in [6.07, 6.45) is 2.16. The first-order valence-electron chi connectivity index (χ1n) is 6.97. The number of carbonyl (C=O) groups is 1. The Hall–Kier alpha value is -1.55. The zero-order valence-electron chi connectivity index (χ0n) is 12.1. The molecule has 1 aromatic rings. The number of carbonyl (C=O) groups excluding carboxylic acids is 1. The number of nitrogens with two attached hydrogens (primary N) is 1. The van der Waals surface area contributed by atoms with Crippen LogP contribution in [-0.4, -0.2) is 12.6 Å². The van der Waals surface area contributed by atoms with Gasteiger partial charge in [0.25, 0.3) is 0 Å². The van der Waals surface area contributed by atoms with Crippen LogP contribution in [0.3, 0.4) is 0 Å². The number of benzene rings is 1. The molecule has 1 aromatic carbocycles. The molecule has 4 nitrogen and oxygen atoms in total. The molecule has 1 rings (SSSR count). The Bertz CT molecular complexity index is 400. The molecule has 0 radical (unpaired) electrons. The molecule has 19 heavy (non-hydrogen) atoms. The van der Waals surface area contributed by atoms with Crippen LogP contribution >= 0.6 is 0 Å². The van der Waals surface area contributed by atoms with Crippen molar-refractivity contribution in [2.45, 2.75) is 39.7 Å². The summed E-state index contributed by atoms with van der Waals surface area (Å²) in [6, 6.07) is 7.43. The fourth-order valence-electron chi connectivity index (χ4n) is 1.89. The highest BCUT2D eigenvalue weighted by molar-refractivity contribution is 5.89. The molecule has 0 saturated heterocycles. The molecule has 0 heterocycles. The Kier molecular flexibility index (Phi) is 6.36. The van der Waals surface area contributed by atoms with Gasteiger partial charge in [0, 0.05) is 18.3 Å². The number of hydrogen-bond donors (Lipinski definition) is 3. The minimum absolute atomic E-state index is 0.0330. The maximum atomic E-state index is 11.8. The lowest BCUT2D eigenvalue weighted by atomic mass is 10.0. The van der Waals surface area contributed by atoms with Gasteiger partial charge < -0.3 is 16.4 Å². The van der Waals surface area contributed by atoms with Gasteiger partial charge in [0.2, 0.25) is 0 Å². The molecule has 1 atom stereocenters. The van der Waals surface area contributed by atoms with Gasteiger partial charge >= 0.3 is 6.03 Å². The molecule has 1 unspecified atom stereocenters. The molecule has 0 aliphatic carbocycles. The first-order chi connectivity index (χ1) is 9.06. The summed E-state index contributed by atoms with van der Waals surface area (Å²) in [5, 5.41) is 5.74. The number of anilines is 1. The number of amides is 2. The van der Waals surface area contributed by atoms with E-state index in [-0.39, 0.29) is 12.1 Å². The lowest BCUT2D eigenvalue weighted by molar-refractivity contribution is 0.249. The van der Waals surface area contributed by atoms with E-state index in [4.69, 9.17) is 5.73 Å². The summed E-state index contributed by atoms with van der Waals surface area (Å²) in [4.78, 5) is 11.8. The predicted octanol–water partition coefficient (Wildman–Crippen LogP) is 3.26. The first kappa shape index (κ1) is 15.5. The van der Waals surface area contributed by atoms with Gasteiger partial charge in [0.05, 0.1) is 0 Å². The van der Waals surface area contributed by atoms with Crippen molar-refractivity contribution in [1.82, 2.24) is 5.32 Å². The van der Waals surface area contributed by atoms with Gasteiger partial charge in [-0.1, -0.05) is 38.8 Å². The van der Waals surface area contributed by atoms with E-state index in [0.717, 1.165) is 24.1 Å². The third kappa shape index (κ3) is 5.30. The molecular formula is C15H25N3O. The highest BCUT2D eigenvalue weighted by atomic mass is 16.2. The van der Waals surface area contributed by atoms with Gasteiger partial charge in [-0.25, -0.2) is 4.79 Å². The Morgan fingerprint density at radius 2 is 2.00 bits per heavy atom. The van der Waals surface area contributed by atoms with Crippen LogP contribution in [0.25, 0.3) is 0 Å². The third-order valence-electron chi connectivity index (χ3n) is 3.38. The monoisotopic (exact) mass is 263 g/mol. The van der Waals surface area contributed by atoms with E-state index in [0.29, 0.717) is 12.5 Å². The van der Waals surface area contributed by atoms with Crippen molar-refractivity contribution >= 4 is 11.7 Å². The maximum absolute atomic E-state index is 11.8. The van der Waals surface area contributed by atoms with E-state index >= 15 is 0 Å². The van der Waals surface area contributed by atoms with Crippen LogP contribution in [0.5, 0.6) is 0 Å². The van der Waals surface area contributed by atoms with E-state index < -0.39 is 0 Å². The minimum Gasteiger partial charge on any atom is -0.338 e. The van der Waals surface area contributed by atoms with Gasteiger partial charge in [0.15, 0.2) is 0 Å². The third-order valence-corrected chi connectivity index (χ3v) is 3.38. The van der Waals surface area contributed by atoms with E-state index in [1.54, 1.807) is 0 Å². The number of hydrogen-bond acceptors (Lipinski definition) is 2. The second kappa shape index (κ2) is 7.79. The molecule has 0 saturated carbocycles. The summed E-state index contributed by atoms with van der Waals surface area (Å²) in [5.41, 5.74) is 7.61. The lowest BCUT2D eigenvalue weighted by Crippen LogP contribution is -2.32. The molecule has 0 fully saturated rings. The van der Waals surface area contributed by atoms with Crippen LogP contribution in [0, 0.1) is 5.92 Å². The van der Waals surface area contributed by atoms with Crippen LogP contribution in [0.2, 0.25) is 0 Å². The van der Waals surface area contributed by atoms with Gasteiger partial charge in [-0.2, -0.15) is 0 Å². The fraction of sp³-hybridized carbons (Fsp3) is 0.533. The van der Waals surface area contributed by atoms with Crippen LogP contribution in [0.1, 0.15) is 45.2 Å². The van der Waals surface area contributed by atoms with Crippen molar-refractivity contribution in [2.75, 3.05) is 11.9 Å². The van der Waals surface area contributed by atoms with Crippen LogP contribution in [0.15, 0.2) is 24.3 Å². The number of urea groups is 1. The Balaban J connectivity index is 2.50. The van der Waals surface area contributed by atoms with Crippen molar-refractivity contribution in [1.29, 1.82) is 0 Å². The average Bonchev–Trinajstić information content (AvgIpc) is 2.40. The molecule has 0 aliphatic rings. The largest absolute Gasteiger partial charge is 0.338 e. The Labute approximate surface area is 115 Å². The summed E-state index contributed by atoms with van der Waals surface area (Å²) in [7, 11) is 0. The first-order valence-corrected chi connectivity index (χ1v) is 6.97. The molecule has 0 aliphatic heterocycles. The van der Waals surface area contributed by atoms with Gasteiger partial charge in [-0.3, -0.25) is 0 Å². The topological polar surface area (TPSA) is 67.2 Å². The quantitative estimate of drug-likeness (QED) is 0.737. The van der Waals surface area contributed by atoms with Gasteiger partial charge in [-0.05, 0) is 30.5 Å². The zero-order valence-corrected chi connectivity index (χ0v) is 12.1. The van der Waals surface area contributed by atoms with Crippen molar-refractivity contribution < 1.29 is 4.79 Å².